The van der Waals surface area contributed by atoms with Crippen molar-refractivity contribution in [2.45, 2.75) is 13.0 Å². The molecule has 1 unspecified atom stereocenters. The molecule has 0 spiro atoms. The second kappa shape index (κ2) is 5.09. The maximum Gasteiger partial charge on any atom is 0.321 e. The predicted octanol–water partition coefficient (Wildman–Crippen LogP) is -0.604. The Morgan fingerprint density at radius 3 is 2.53 bits per heavy atom. The molecule has 1 aliphatic heterocycles. The lowest BCUT2D eigenvalue weighted by Crippen LogP contribution is -2.38. The van der Waals surface area contributed by atoms with Crippen molar-refractivity contribution in [3.63, 3.8) is 0 Å². The number of carbonyl (C=O) groups is 2. The standard InChI is InChI=1S/C9H15NO5/c1-2-15-4-6-5(8(11)12)3-10-7(6)9(13)14/h5-7,10H,2-4H2,1H3,(H,11,12)(H,13,14)/t5-,6?,7-/m1/s1. The van der Waals surface area contributed by atoms with E-state index in [0.29, 0.717) is 6.61 Å². The molecule has 6 nitrogen and oxygen atoms in total. The van der Waals surface area contributed by atoms with Crippen LogP contribution in [-0.4, -0.2) is 48.0 Å². The summed E-state index contributed by atoms with van der Waals surface area (Å²) in [4.78, 5) is 21.7. The van der Waals surface area contributed by atoms with E-state index in [4.69, 9.17) is 14.9 Å². The lowest BCUT2D eigenvalue weighted by molar-refractivity contribution is -0.145. The van der Waals surface area contributed by atoms with Gasteiger partial charge in [0.25, 0.3) is 0 Å². The first-order valence-corrected chi connectivity index (χ1v) is 4.84. The highest BCUT2D eigenvalue weighted by Crippen LogP contribution is 2.23. The van der Waals surface area contributed by atoms with Crippen molar-refractivity contribution in [1.82, 2.24) is 5.32 Å². The molecule has 0 amide bonds. The van der Waals surface area contributed by atoms with Crippen LogP contribution in [0.4, 0.5) is 0 Å². The maximum atomic E-state index is 10.9. The summed E-state index contributed by atoms with van der Waals surface area (Å²) in [5, 5.41) is 20.5. The Morgan fingerprint density at radius 1 is 1.40 bits per heavy atom. The van der Waals surface area contributed by atoms with Crippen LogP contribution < -0.4 is 5.32 Å². The molecule has 1 aliphatic rings. The van der Waals surface area contributed by atoms with Crippen LogP contribution in [0.15, 0.2) is 0 Å². The van der Waals surface area contributed by atoms with Crippen LogP contribution in [0, 0.1) is 11.8 Å². The molecule has 0 bridgehead atoms. The van der Waals surface area contributed by atoms with E-state index in [1.807, 2.05) is 0 Å². The maximum absolute atomic E-state index is 10.9. The Hall–Kier alpha value is -1.14. The van der Waals surface area contributed by atoms with Crippen LogP contribution in [0.3, 0.4) is 0 Å². The van der Waals surface area contributed by atoms with Crippen LogP contribution >= 0.6 is 0 Å². The third-order valence-electron chi connectivity index (χ3n) is 2.60. The summed E-state index contributed by atoms with van der Waals surface area (Å²) in [6.45, 7) is 2.59. The molecule has 0 aromatic heterocycles. The zero-order valence-electron chi connectivity index (χ0n) is 8.47. The second-order valence-corrected chi connectivity index (χ2v) is 3.49. The highest BCUT2D eigenvalue weighted by atomic mass is 16.5. The van der Waals surface area contributed by atoms with Crippen molar-refractivity contribution < 1.29 is 24.5 Å². The highest BCUT2D eigenvalue weighted by molar-refractivity contribution is 5.78. The summed E-state index contributed by atoms with van der Waals surface area (Å²) < 4.78 is 5.11. The molecule has 1 fully saturated rings. The van der Waals surface area contributed by atoms with Crippen molar-refractivity contribution >= 4 is 11.9 Å². The van der Waals surface area contributed by atoms with Gasteiger partial charge in [-0.3, -0.25) is 9.59 Å². The van der Waals surface area contributed by atoms with E-state index >= 15 is 0 Å². The number of hydrogen-bond acceptors (Lipinski definition) is 4. The Morgan fingerprint density at radius 2 is 2.07 bits per heavy atom. The predicted molar refractivity (Wildman–Crippen MR) is 50.5 cm³/mol. The van der Waals surface area contributed by atoms with Gasteiger partial charge in [0.15, 0.2) is 0 Å². The molecule has 0 aromatic carbocycles. The summed E-state index contributed by atoms with van der Waals surface area (Å²) >= 11 is 0. The van der Waals surface area contributed by atoms with E-state index in [9.17, 15) is 9.59 Å². The Bertz CT molecular complexity index is 233. The molecule has 0 radical (unpaired) electrons. The topological polar surface area (TPSA) is 95.9 Å². The number of ether oxygens (including phenoxy) is 1. The molecular formula is C9H15NO5. The van der Waals surface area contributed by atoms with Crippen LogP contribution in [0.2, 0.25) is 0 Å². The Balaban J connectivity index is 2.68. The van der Waals surface area contributed by atoms with Gasteiger partial charge in [0, 0.05) is 19.1 Å². The second-order valence-electron chi connectivity index (χ2n) is 3.49. The molecule has 0 saturated carbocycles. The molecule has 1 heterocycles. The van der Waals surface area contributed by atoms with Crippen LogP contribution in [0.5, 0.6) is 0 Å². The number of carboxylic acids is 2. The summed E-state index contributed by atoms with van der Waals surface area (Å²) in [7, 11) is 0. The first kappa shape index (κ1) is 11.9. The van der Waals surface area contributed by atoms with Gasteiger partial charge in [0.1, 0.15) is 6.04 Å². The molecule has 0 aliphatic carbocycles. The number of hydrogen-bond donors (Lipinski definition) is 3. The summed E-state index contributed by atoms with van der Waals surface area (Å²) in [5.41, 5.74) is 0. The van der Waals surface area contributed by atoms with E-state index in [2.05, 4.69) is 5.32 Å². The quantitative estimate of drug-likeness (QED) is 0.569. The van der Waals surface area contributed by atoms with Crippen molar-refractivity contribution in [2.75, 3.05) is 19.8 Å². The molecule has 1 saturated heterocycles. The summed E-state index contributed by atoms with van der Waals surface area (Å²) in [5.74, 6) is -3.18. The normalized spacial score (nSPS) is 30.3. The fourth-order valence-electron chi connectivity index (χ4n) is 1.80. The molecule has 3 atom stereocenters. The molecule has 0 aromatic rings. The molecule has 15 heavy (non-hydrogen) atoms. The van der Waals surface area contributed by atoms with E-state index in [1.165, 1.54) is 0 Å². The minimum atomic E-state index is -1.02. The average molecular weight is 217 g/mol. The van der Waals surface area contributed by atoms with Crippen LogP contribution in [0.25, 0.3) is 0 Å². The van der Waals surface area contributed by atoms with Crippen LogP contribution in [0.1, 0.15) is 6.92 Å². The summed E-state index contributed by atoms with van der Waals surface area (Å²) in [6, 6.07) is -0.822. The van der Waals surface area contributed by atoms with E-state index in [0.717, 1.165) is 0 Å². The third kappa shape index (κ3) is 2.66. The van der Waals surface area contributed by atoms with E-state index < -0.39 is 29.8 Å². The van der Waals surface area contributed by atoms with Gasteiger partial charge in [-0.15, -0.1) is 0 Å². The molecule has 3 N–H and O–H groups in total. The van der Waals surface area contributed by atoms with Crippen molar-refractivity contribution in [3.8, 4) is 0 Å². The van der Waals surface area contributed by atoms with Crippen molar-refractivity contribution in [1.29, 1.82) is 0 Å². The zero-order chi connectivity index (χ0) is 11.4. The Labute approximate surface area is 87.2 Å². The fourth-order valence-corrected chi connectivity index (χ4v) is 1.80. The van der Waals surface area contributed by atoms with Crippen molar-refractivity contribution in [3.05, 3.63) is 0 Å². The van der Waals surface area contributed by atoms with Gasteiger partial charge in [-0.2, -0.15) is 0 Å². The lowest BCUT2D eigenvalue weighted by Gasteiger charge is -2.18. The van der Waals surface area contributed by atoms with Gasteiger partial charge in [-0.1, -0.05) is 0 Å². The number of carboxylic acid groups (broad SMARTS) is 2. The van der Waals surface area contributed by atoms with Gasteiger partial charge >= 0.3 is 11.9 Å². The average Bonchev–Trinajstić information content (AvgIpc) is 2.57. The first-order valence-electron chi connectivity index (χ1n) is 4.84. The molecule has 1 rings (SSSR count). The van der Waals surface area contributed by atoms with Gasteiger partial charge in [-0.05, 0) is 6.92 Å². The number of aliphatic carboxylic acids is 2. The largest absolute Gasteiger partial charge is 0.481 e. The van der Waals surface area contributed by atoms with Gasteiger partial charge in [-0.25, -0.2) is 0 Å². The SMILES string of the molecule is CCOCC1[C@H](C(=O)O)CN[C@H]1C(=O)O. The zero-order valence-corrected chi connectivity index (χ0v) is 8.47. The fraction of sp³-hybridized carbons (Fsp3) is 0.778. The molecule has 6 heteroatoms. The monoisotopic (exact) mass is 217 g/mol. The lowest BCUT2D eigenvalue weighted by atomic mass is 9.91. The molecular weight excluding hydrogens is 202 g/mol. The minimum absolute atomic E-state index is 0.164. The number of nitrogens with one attached hydrogen (secondary N) is 1. The smallest absolute Gasteiger partial charge is 0.321 e. The molecule has 86 valence electrons. The summed E-state index contributed by atoms with van der Waals surface area (Å²) in [6.07, 6.45) is 0. The van der Waals surface area contributed by atoms with Gasteiger partial charge in [0.2, 0.25) is 0 Å². The minimum Gasteiger partial charge on any atom is -0.481 e. The van der Waals surface area contributed by atoms with Crippen molar-refractivity contribution in [2.24, 2.45) is 11.8 Å². The first-order chi connectivity index (χ1) is 7.07. The Kier molecular flexibility index (Phi) is 4.05. The van der Waals surface area contributed by atoms with E-state index in [1.54, 1.807) is 6.92 Å². The van der Waals surface area contributed by atoms with E-state index in [-0.39, 0.29) is 13.2 Å². The van der Waals surface area contributed by atoms with Crippen LogP contribution in [-0.2, 0) is 14.3 Å². The third-order valence-corrected chi connectivity index (χ3v) is 2.60. The van der Waals surface area contributed by atoms with Gasteiger partial charge in [0.05, 0.1) is 12.5 Å². The number of rotatable bonds is 5. The highest BCUT2D eigenvalue weighted by Gasteiger charge is 2.43. The van der Waals surface area contributed by atoms with Gasteiger partial charge < -0.3 is 20.3 Å².